The van der Waals surface area contributed by atoms with E-state index in [9.17, 15) is 0 Å². The van der Waals surface area contributed by atoms with E-state index in [1.54, 1.807) is 0 Å². The minimum Gasteiger partial charge on any atom is -0.330 e. The maximum atomic E-state index is 5.83. The van der Waals surface area contributed by atoms with Crippen molar-refractivity contribution in [2.24, 2.45) is 11.1 Å². The van der Waals surface area contributed by atoms with Crippen molar-refractivity contribution in [3.8, 4) is 0 Å². The molecule has 2 nitrogen and oxygen atoms in total. The smallest absolute Gasteiger partial charge is 0.0233 e. The van der Waals surface area contributed by atoms with Crippen molar-refractivity contribution in [1.82, 2.24) is 4.90 Å². The second-order valence-electron chi connectivity index (χ2n) is 5.71. The molecule has 0 fully saturated rings. The van der Waals surface area contributed by atoms with Gasteiger partial charge in [0.05, 0.1) is 0 Å². The number of halogens is 1. The quantitative estimate of drug-likeness (QED) is 0.832. The van der Waals surface area contributed by atoms with Gasteiger partial charge in [0.25, 0.3) is 0 Å². The normalized spacial score (nSPS) is 12.1. The molecule has 0 amide bonds. The molecule has 0 radical (unpaired) electrons. The fourth-order valence-electron chi connectivity index (χ4n) is 2.05. The van der Waals surface area contributed by atoms with Crippen molar-refractivity contribution in [2.45, 2.75) is 33.7 Å². The Morgan fingerprint density at radius 1 is 1.22 bits per heavy atom. The summed E-state index contributed by atoms with van der Waals surface area (Å²) < 4.78 is 1.13. The molecular weight excluding hydrogens is 288 g/mol. The molecule has 18 heavy (non-hydrogen) atoms. The lowest BCUT2D eigenvalue weighted by atomic mass is 9.93. The number of hydrogen-bond donors (Lipinski definition) is 1. The molecule has 0 aliphatic carbocycles. The number of hydrogen-bond acceptors (Lipinski definition) is 2. The lowest BCUT2D eigenvalue weighted by Crippen LogP contribution is -2.38. The molecule has 102 valence electrons. The Morgan fingerprint density at radius 3 is 2.33 bits per heavy atom. The highest BCUT2D eigenvalue weighted by Gasteiger charge is 2.19. The van der Waals surface area contributed by atoms with E-state index in [0.29, 0.717) is 0 Å². The number of nitrogens with zero attached hydrogens (tertiary/aromatic N) is 1. The zero-order valence-electron chi connectivity index (χ0n) is 11.7. The average Bonchev–Trinajstić information content (AvgIpc) is 2.32. The SMILES string of the molecule is CCCN(Cc1ccc(Br)cc1)CC(C)(C)CN. The van der Waals surface area contributed by atoms with Crippen LogP contribution in [0.2, 0.25) is 0 Å². The molecule has 1 aromatic rings. The van der Waals surface area contributed by atoms with Crippen molar-refractivity contribution in [2.75, 3.05) is 19.6 Å². The highest BCUT2D eigenvalue weighted by molar-refractivity contribution is 9.10. The predicted octanol–water partition coefficient (Wildman–Crippen LogP) is 3.65. The van der Waals surface area contributed by atoms with Gasteiger partial charge in [0.15, 0.2) is 0 Å². The zero-order chi connectivity index (χ0) is 13.6. The van der Waals surface area contributed by atoms with Crippen molar-refractivity contribution in [3.05, 3.63) is 34.3 Å². The van der Waals surface area contributed by atoms with E-state index in [0.717, 1.165) is 30.7 Å². The van der Waals surface area contributed by atoms with E-state index in [2.05, 4.69) is 65.9 Å². The van der Waals surface area contributed by atoms with E-state index >= 15 is 0 Å². The molecule has 0 unspecified atom stereocenters. The minimum atomic E-state index is 0.185. The first-order valence-electron chi connectivity index (χ1n) is 6.64. The predicted molar refractivity (Wildman–Crippen MR) is 82.5 cm³/mol. The molecule has 1 rings (SSSR count). The second-order valence-corrected chi connectivity index (χ2v) is 6.62. The summed E-state index contributed by atoms with van der Waals surface area (Å²) in [5.41, 5.74) is 7.38. The Kier molecular flexibility index (Phi) is 6.33. The van der Waals surface area contributed by atoms with E-state index in [1.165, 1.54) is 12.0 Å². The third-order valence-electron chi connectivity index (χ3n) is 3.06. The van der Waals surface area contributed by atoms with Crippen molar-refractivity contribution in [3.63, 3.8) is 0 Å². The molecule has 2 N–H and O–H groups in total. The Hall–Kier alpha value is -0.380. The van der Waals surface area contributed by atoms with Gasteiger partial charge in [0.1, 0.15) is 0 Å². The van der Waals surface area contributed by atoms with E-state index in [-0.39, 0.29) is 5.41 Å². The topological polar surface area (TPSA) is 29.3 Å². The van der Waals surface area contributed by atoms with Crippen LogP contribution in [0.3, 0.4) is 0 Å². The van der Waals surface area contributed by atoms with E-state index in [4.69, 9.17) is 5.73 Å². The number of benzene rings is 1. The van der Waals surface area contributed by atoms with Crippen LogP contribution in [0.25, 0.3) is 0 Å². The van der Waals surface area contributed by atoms with Gasteiger partial charge in [0.2, 0.25) is 0 Å². The first-order valence-corrected chi connectivity index (χ1v) is 7.43. The summed E-state index contributed by atoms with van der Waals surface area (Å²) in [6, 6.07) is 8.57. The molecule has 0 heterocycles. The van der Waals surface area contributed by atoms with Crippen LogP contribution in [-0.2, 0) is 6.54 Å². The third-order valence-corrected chi connectivity index (χ3v) is 3.59. The molecule has 0 atom stereocenters. The summed E-state index contributed by atoms with van der Waals surface area (Å²) in [4.78, 5) is 2.50. The third kappa shape index (κ3) is 5.51. The zero-order valence-corrected chi connectivity index (χ0v) is 13.3. The van der Waals surface area contributed by atoms with Crippen molar-refractivity contribution < 1.29 is 0 Å². The van der Waals surface area contributed by atoms with Crippen LogP contribution in [0.4, 0.5) is 0 Å². The largest absolute Gasteiger partial charge is 0.330 e. The molecule has 0 saturated heterocycles. The fourth-order valence-corrected chi connectivity index (χ4v) is 2.31. The number of nitrogens with two attached hydrogens (primary N) is 1. The van der Waals surface area contributed by atoms with Gasteiger partial charge in [-0.25, -0.2) is 0 Å². The summed E-state index contributed by atoms with van der Waals surface area (Å²) in [6.07, 6.45) is 1.18. The molecule has 0 aromatic heterocycles. The van der Waals surface area contributed by atoms with Crippen molar-refractivity contribution in [1.29, 1.82) is 0 Å². The average molecular weight is 313 g/mol. The van der Waals surface area contributed by atoms with E-state index < -0.39 is 0 Å². The second kappa shape index (κ2) is 7.27. The maximum Gasteiger partial charge on any atom is 0.0233 e. The maximum absolute atomic E-state index is 5.83. The van der Waals surface area contributed by atoms with Crippen LogP contribution >= 0.6 is 15.9 Å². The van der Waals surface area contributed by atoms with Gasteiger partial charge in [-0.3, -0.25) is 4.90 Å². The Morgan fingerprint density at radius 2 is 1.83 bits per heavy atom. The van der Waals surface area contributed by atoms with Crippen LogP contribution in [0.1, 0.15) is 32.8 Å². The minimum absolute atomic E-state index is 0.185. The van der Waals surface area contributed by atoms with Gasteiger partial charge in [-0.1, -0.05) is 48.8 Å². The molecule has 0 saturated carbocycles. The van der Waals surface area contributed by atoms with Gasteiger partial charge in [-0.05, 0) is 42.6 Å². The highest BCUT2D eigenvalue weighted by Crippen LogP contribution is 2.18. The monoisotopic (exact) mass is 312 g/mol. The molecule has 0 bridgehead atoms. The number of rotatable bonds is 7. The first-order chi connectivity index (χ1) is 8.46. The van der Waals surface area contributed by atoms with Crippen LogP contribution in [0, 0.1) is 5.41 Å². The molecular formula is C15H25BrN2. The molecule has 3 heteroatoms. The standard InChI is InChI=1S/C15H25BrN2/c1-4-9-18(12-15(2,3)11-17)10-13-5-7-14(16)8-6-13/h5-8H,4,9-12,17H2,1-3H3. The van der Waals surface area contributed by atoms with Crippen molar-refractivity contribution >= 4 is 15.9 Å². The van der Waals surface area contributed by atoms with E-state index in [1.807, 2.05) is 0 Å². The van der Waals surface area contributed by atoms with Gasteiger partial charge in [-0.15, -0.1) is 0 Å². The van der Waals surface area contributed by atoms with Gasteiger partial charge in [0, 0.05) is 17.6 Å². The Labute approximate surface area is 120 Å². The van der Waals surface area contributed by atoms with Crippen LogP contribution in [0.15, 0.2) is 28.7 Å². The summed E-state index contributed by atoms with van der Waals surface area (Å²) in [6.45, 7) is 10.6. The van der Waals surface area contributed by atoms with Gasteiger partial charge in [-0.2, -0.15) is 0 Å². The van der Waals surface area contributed by atoms with Gasteiger partial charge >= 0.3 is 0 Å². The molecule has 0 aliphatic rings. The summed E-state index contributed by atoms with van der Waals surface area (Å²) >= 11 is 3.47. The highest BCUT2D eigenvalue weighted by atomic mass is 79.9. The Bertz CT molecular complexity index is 346. The Balaban J connectivity index is 2.65. The van der Waals surface area contributed by atoms with Crippen LogP contribution in [0.5, 0.6) is 0 Å². The fraction of sp³-hybridized carbons (Fsp3) is 0.600. The van der Waals surface area contributed by atoms with Crippen LogP contribution < -0.4 is 5.73 Å². The lowest BCUT2D eigenvalue weighted by molar-refractivity contribution is 0.176. The molecule has 1 aromatic carbocycles. The summed E-state index contributed by atoms with van der Waals surface area (Å²) in [5.74, 6) is 0. The first kappa shape index (κ1) is 15.7. The lowest BCUT2D eigenvalue weighted by Gasteiger charge is -2.31. The summed E-state index contributed by atoms with van der Waals surface area (Å²) in [5, 5.41) is 0. The molecule has 0 spiro atoms. The summed E-state index contributed by atoms with van der Waals surface area (Å²) in [7, 11) is 0. The molecule has 0 aliphatic heterocycles. The van der Waals surface area contributed by atoms with Crippen LogP contribution in [-0.4, -0.2) is 24.5 Å². The van der Waals surface area contributed by atoms with Gasteiger partial charge < -0.3 is 5.73 Å².